The van der Waals surface area contributed by atoms with Gasteiger partial charge >= 0.3 is 17.9 Å². The van der Waals surface area contributed by atoms with Crippen molar-refractivity contribution in [2.75, 3.05) is 25.6 Å². The molecule has 0 aliphatic carbocycles. The molecule has 0 saturated carbocycles. The summed E-state index contributed by atoms with van der Waals surface area (Å²) < 4.78 is 14.6. The zero-order valence-electron chi connectivity index (χ0n) is 17.4. The fraction of sp³-hybridized carbons (Fsp3) is 0.273. The molecule has 0 atom stereocenters. The Hall–Kier alpha value is -3.46. The van der Waals surface area contributed by atoms with E-state index in [9.17, 15) is 19.2 Å². The van der Waals surface area contributed by atoms with Crippen LogP contribution in [-0.2, 0) is 30.2 Å². The van der Waals surface area contributed by atoms with Crippen molar-refractivity contribution in [1.82, 2.24) is 0 Å². The van der Waals surface area contributed by atoms with Crippen LogP contribution in [0, 0.1) is 0 Å². The summed E-state index contributed by atoms with van der Waals surface area (Å²) in [5.74, 6) is -2.26. The first-order valence-corrected chi connectivity index (χ1v) is 10.3. The maximum absolute atomic E-state index is 12.1. The van der Waals surface area contributed by atoms with Crippen molar-refractivity contribution in [3.63, 3.8) is 0 Å². The van der Waals surface area contributed by atoms with Crippen molar-refractivity contribution in [1.29, 1.82) is 0 Å². The minimum absolute atomic E-state index is 0.221. The summed E-state index contributed by atoms with van der Waals surface area (Å²) in [6, 6.07) is 8.09. The van der Waals surface area contributed by atoms with Gasteiger partial charge in [-0.25, -0.2) is 14.4 Å². The number of carbonyl (C=O) groups is 4. The number of rotatable bonds is 9. The summed E-state index contributed by atoms with van der Waals surface area (Å²) in [6.07, 6.45) is 3.37. The molecular formula is C22H23NO7S. The lowest BCUT2D eigenvalue weighted by Crippen LogP contribution is -2.20. The van der Waals surface area contributed by atoms with Crippen LogP contribution in [0.5, 0.6) is 0 Å². The number of aryl methyl sites for hydroxylation is 1. The molecule has 1 aromatic carbocycles. The lowest BCUT2D eigenvalue weighted by atomic mass is 10.1. The molecule has 2 rings (SSSR count). The quantitative estimate of drug-likeness (QED) is 0.358. The summed E-state index contributed by atoms with van der Waals surface area (Å²) in [5, 5.41) is 2.95. The van der Waals surface area contributed by atoms with Gasteiger partial charge in [-0.3, -0.25) is 4.79 Å². The number of nitrogens with one attached hydrogen (secondary N) is 1. The summed E-state index contributed by atoms with van der Waals surface area (Å²) in [6.45, 7) is 3.35. The molecule has 0 saturated heterocycles. The number of ether oxygens (including phenoxy) is 3. The molecule has 164 valence electrons. The first kappa shape index (κ1) is 23.8. The number of carbonyl (C=O) groups excluding carboxylic acids is 4. The van der Waals surface area contributed by atoms with E-state index in [2.05, 4.69) is 10.1 Å². The monoisotopic (exact) mass is 445 g/mol. The van der Waals surface area contributed by atoms with Crippen LogP contribution in [0.2, 0.25) is 0 Å². The molecule has 1 amide bonds. The van der Waals surface area contributed by atoms with Crippen LogP contribution in [0.15, 0.2) is 36.4 Å². The van der Waals surface area contributed by atoms with E-state index in [-0.39, 0.29) is 12.2 Å². The Kier molecular flexibility index (Phi) is 8.95. The number of hydrogen-bond donors (Lipinski definition) is 1. The Bertz CT molecular complexity index is 976. The second-order valence-electron chi connectivity index (χ2n) is 6.13. The number of anilines is 1. The fourth-order valence-corrected chi connectivity index (χ4v) is 3.43. The van der Waals surface area contributed by atoms with Gasteiger partial charge in [0.1, 0.15) is 5.00 Å². The van der Waals surface area contributed by atoms with Crippen LogP contribution in [0.4, 0.5) is 5.00 Å². The predicted octanol–water partition coefficient (Wildman–Crippen LogP) is 3.47. The van der Waals surface area contributed by atoms with Crippen molar-refractivity contribution in [3.05, 3.63) is 58.0 Å². The number of hydrogen-bond acceptors (Lipinski definition) is 8. The zero-order valence-corrected chi connectivity index (χ0v) is 18.2. The average Bonchev–Trinajstić information content (AvgIpc) is 3.19. The lowest BCUT2D eigenvalue weighted by molar-refractivity contribution is -0.142. The third-order valence-electron chi connectivity index (χ3n) is 3.97. The molecule has 0 aliphatic rings. The molecule has 0 fully saturated rings. The van der Waals surface area contributed by atoms with E-state index >= 15 is 0 Å². The molecule has 1 aromatic heterocycles. The smallest absolute Gasteiger partial charge is 0.341 e. The molecule has 0 unspecified atom stereocenters. The van der Waals surface area contributed by atoms with Gasteiger partial charge in [-0.2, -0.15) is 0 Å². The van der Waals surface area contributed by atoms with Gasteiger partial charge in [-0.05, 0) is 43.2 Å². The molecule has 0 bridgehead atoms. The van der Waals surface area contributed by atoms with Crippen LogP contribution in [0.3, 0.4) is 0 Å². The largest absolute Gasteiger partial charge is 0.465 e. The minimum atomic E-state index is -0.710. The third-order valence-corrected chi connectivity index (χ3v) is 5.16. The normalized spacial score (nSPS) is 10.5. The number of benzene rings is 1. The lowest BCUT2D eigenvalue weighted by Gasteiger charge is -2.06. The first-order valence-electron chi connectivity index (χ1n) is 9.50. The molecule has 0 radical (unpaired) electrons. The summed E-state index contributed by atoms with van der Waals surface area (Å²) in [4.78, 5) is 48.4. The van der Waals surface area contributed by atoms with Crippen LogP contribution in [0.25, 0.3) is 6.08 Å². The van der Waals surface area contributed by atoms with Crippen molar-refractivity contribution in [3.8, 4) is 0 Å². The van der Waals surface area contributed by atoms with E-state index in [1.54, 1.807) is 37.3 Å². The minimum Gasteiger partial charge on any atom is -0.465 e. The van der Waals surface area contributed by atoms with Crippen molar-refractivity contribution < 1.29 is 33.4 Å². The van der Waals surface area contributed by atoms with Gasteiger partial charge < -0.3 is 19.5 Å². The van der Waals surface area contributed by atoms with Gasteiger partial charge in [0.15, 0.2) is 6.61 Å². The van der Waals surface area contributed by atoms with Crippen LogP contribution >= 0.6 is 11.3 Å². The van der Waals surface area contributed by atoms with E-state index in [4.69, 9.17) is 9.47 Å². The topological polar surface area (TPSA) is 108 Å². The molecule has 31 heavy (non-hydrogen) atoms. The van der Waals surface area contributed by atoms with Crippen LogP contribution in [0.1, 0.15) is 45.0 Å². The van der Waals surface area contributed by atoms with E-state index in [0.29, 0.717) is 22.5 Å². The molecule has 9 heteroatoms. The van der Waals surface area contributed by atoms with Crippen molar-refractivity contribution in [2.45, 2.75) is 20.3 Å². The number of esters is 3. The van der Waals surface area contributed by atoms with Gasteiger partial charge in [0.2, 0.25) is 0 Å². The highest BCUT2D eigenvalue weighted by atomic mass is 32.1. The van der Waals surface area contributed by atoms with Gasteiger partial charge in [0.05, 0.1) is 24.8 Å². The Morgan fingerprint density at radius 3 is 2.35 bits per heavy atom. The Morgan fingerprint density at radius 2 is 1.74 bits per heavy atom. The molecule has 1 N–H and O–H groups in total. The van der Waals surface area contributed by atoms with E-state index < -0.39 is 30.4 Å². The van der Waals surface area contributed by atoms with E-state index in [0.717, 1.165) is 4.88 Å². The fourth-order valence-electron chi connectivity index (χ4n) is 2.43. The molecule has 1 heterocycles. The Balaban J connectivity index is 1.90. The van der Waals surface area contributed by atoms with Gasteiger partial charge in [0, 0.05) is 11.0 Å². The van der Waals surface area contributed by atoms with Gasteiger partial charge in [-0.1, -0.05) is 19.1 Å². The van der Waals surface area contributed by atoms with Crippen molar-refractivity contribution in [2.24, 2.45) is 0 Å². The maximum Gasteiger partial charge on any atom is 0.341 e. The predicted molar refractivity (Wildman–Crippen MR) is 116 cm³/mol. The third kappa shape index (κ3) is 7.07. The van der Waals surface area contributed by atoms with Gasteiger partial charge in [-0.15, -0.1) is 11.3 Å². The van der Waals surface area contributed by atoms with Crippen LogP contribution < -0.4 is 5.32 Å². The average molecular weight is 445 g/mol. The summed E-state index contributed by atoms with van der Waals surface area (Å²) in [5.41, 5.74) is 1.33. The zero-order chi connectivity index (χ0) is 22.8. The number of thiophene rings is 1. The molecule has 0 aliphatic heterocycles. The molecule has 8 nitrogen and oxygen atoms in total. The second-order valence-corrected chi connectivity index (χ2v) is 7.27. The van der Waals surface area contributed by atoms with Crippen LogP contribution in [-0.4, -0.2) is 44.1 Å². The molecular weight excluding hydrogens is 422 g/mol. The number of methoxy groups -OCH3 is 1. The summed E-state index contributed by atoms with van der Waals surface area (Å²) >= 11 is 1.27. The standard InChI is InChI=1S/C22H23NO7S/c1-4-16-12-17(22(27)29-5-2)20(31-16)23-18(24)13-30-19(25)11-8-14-6-9-15(10-7-14)21(26)28-3/h6-12H,4-5,13H2,1-3H3,(H,23,24)/b11-8+. The highest BCUT2D eigenvalue weighted by Gasteiger charge is 2.19. The van der Waals surface area contributed by atoms with Gasteiger partial charge in [0.25, 0.3) is 5.91 Å². The molecule has 0 spiro atoms. The van der Waals surface area contributed by atoms with E-state index in [1.165, 1.54) is 30.6 Å². The molecule has 2 aromatic rings. The summed E-state index contributed by atoms with van der Waals surface area (Å²) in [7, 11) is 1.29. The number of amides is 1. The highest BCUT2D eigenvalue weighted by molar-refractivity contribution is 7.16. The Labute approximate surface area is 183 Å². The SMILES string of the molecule is CCOC(=O)c1cc(CC)sc1NC(=O)COC(=O)/C=C/c1ccc(C(=O)OC)cc1. The maximum atomic E-state index is 12.1. The first-order chi connectivity index (χ1) is 14.9. The van der Waals surface area contributed by atoms with Crippen molar-refractivity contribution >= 4 is 46.2 Å². The highest BCUT2D eigenvalue weighted by Crippen LogP contribution is 2.29. The van der Waals surface area contributed by atoms with E-state index in [1.807, 2.05) is 6.92 Å². The second kappa shape index (κ2) is 11.7. The Morgan fingerprint density at radius 1 is 1.03 bits per heavy atom.